The topological polar surface area (TPSA) is 0 Å². The SMILES string of the molecule is C=C/C(=C\C=C/C)C(CCC)c1ccccc1.C=CCC.CC.CC1CCCC1. The van der Waals surface area contributed by atoms with Crippen LogP contribution >= 0.6 is 0 Å². The quantitative estimate of drug-likeness (QED) is 0.317. The number of rotatable bonds is 7. The Morgan fingerprint density at radius 2 is 1.62 bits per heavy atom. The van der Waals surface area contributed by atoms with Crippen LogP contribution in [0.4, 0.5) is 0 Å². The maximum absolute atomic E-state index is 3.94. The zero-order valence-electron chi connectivity index (χ0n) is 20.3. The monoisotopic (exact) mass is 396 g/mol. The smallest absolute Gasteiger partial charge is 0.00890 e. The van der Waals surface area contributed by atoms with E-state index >= 15 is 0 Å². The molecule has 0 radical (unpaired) electrons. The maximum atomic E-state index is 3.94. The van der Waals surface area contributed by atoms with Crippen LogP contribution in [-0.4, -0.2) is 0 Å². The third kappa shape index (κ3) is 15.7. The molecule has 2 rings (SSSR count). The van der Waals surface area contributed by atoms with E-state index < -0.39 is 0 Å². The van der Waals surface area contributed by atoms with Crippen molar-refractivity contribution in [3.63, 3.8) is 0 Å². The summed E-state index contributed by atoms with van der Waals surface area (Å²) in [5, 5.41) is 0. The van der Waals surface area contributed by atoms with E-state index in [2.05, 4.69) is 82.5 Å². The van der Waals surface area contributed by atoms with Crippen molar-refractivity contribution in [2.45, 2.75) is 92.4 Å². The molecule has 0 bridgehead atoms. The molecule has 0 aromatic heterocycles. The first-order valence-corrected chi connectivity index (χ1v) is 11.8. The van der Waals surface area contributed by atoms with Gasteiger partial charge in [0, 0.05) is 5.92 Å². The van der Waals surface area contributed by atoms with Crippen molar-refractivity contribution < 1.29 is 0 Å². The van der Waals surface area contributed by atoms with Gasteiger partial charge in [0.2, 0.25) is 0 Å². The Morgan fingerprint density at radius 3 is 1.97 bits per heavy atom. The van der Waals surface area contributed by atoms with Crippen molar-refractivity contribution >= 4 is 0 Å². The van der Waals surface area contributed by atoms with Gasteiger partial charge in [-0.05, 0) is 36.8 Å². The summed E-state index contributed by atoms with van der Waals surface area (Å²) < 4.78 is 0. The molecule has 0 amide bonds. The molecule has 0 heteroatoms. The fourth-order valence-corrected chi connectivity index (χ4v) is 3.16. The van der Waals surface area contributed by atoms with Crippen LogP contribution in [-0.2, 0) is 0 Å². The van der Waals surface area contributed by atoms with Gasteiger partial charge in [-0.15, -0.1) is 6.58 Å². The van der Waals surface area contributed by atoms with Gasteiger partial charge in [-0.1, -0.05) is 134 Å². The summed E-state index contributed by atoms with van der Waals surface area (Å²) in [7, 11) is 0. The van der Waals surface area contributed by atoms with Crippen LogP contribution in [0.5, 0.6) is 0 Å². The van der Waals surface area contributed by atoms with E-state index in [9.17, 15) is 0 Å². The highest BCUT2D eigenvalue weighted by Crippen LogP contribution is 2.29. The molecular weight excluding hydrogens is 348 g/mol. The lowest BCUT2D eigenvalue weighted by atomic mass is 9.87. The number of allylic oxidation sites excluding steroid dienone is 6. The second-order valence-corrected chi connectivity index (χ2v) is 7.24. The zero-order chi connectivity index (χ0) is 22.3. The third-order valence-corrected chi connectivity index (χ3v) is 4.83. The molecule has 0 nitrogen and oxygen atoms in total. The minimum Gasteiger partial charge on any atom is -0.103 e. The number of hydrogen-bond acceptors (Lipinski definition) is 0. The highest BCUT2D eigenvalue weighted by Gasteiger charge is 2.12. The summed E-state index contributed by atoms with van der Waals surface area (Å²) in [5.74, 6) is 1.51. The van der Waals surface area contributed by atoms with Crippen LogP contribution in [0.1, 0.15) is 98.0 Å². The lowest BCUT2D eigenvalue weighted by Gasteiger charge is -2.17. The zero-order valence-corrected chi connectivity index (χ0v) is 20.3. The molecule has 1 atom stereocenters. The highest BCUT2D eigenvalue weighted by molar-refractivity contribution is 5.36. The van der Waals surface area contributed by atoms with E-state index in [-0.39, 0.29) is 0 Å². The van der Waals surface area contributed by atoms with Gasteiger partial charge >= 0.3 is 0 Å². The first-order valence-electron chi connectivity index (χ1n) is 11.8. The molecule has 0 spiro atoms. The predicted molar refractivity (Wildman–Crippen MR) is 137 cm³/mol. The van der Waals surface area contributed by atoms with E-state index in [0.29, 0.717) is 5.92 Å². The second-order valence-electron chi connectivity index (χ2n) is 7.24. The van der Waals surface area contributed by atoms with Gasteiger partial charge in [0.1, 0.15) is 0 Å². The summed E-state index contributed by atoms with van der Waals surface area (Å²) in [6.45, 7) is 20.1. The molecule has 164 valence electrons. The van der Waals surface area contributed by atoms with Crippen molar-refractivity contribution in [2.75, 3.05) is 0 Å². The van der Waals surface area contributed by atoms with Crippen molar-refractivity contribution in [3.8, 4) is 0 Å². The van der Waals surface area contributed by atoms with Gasteiger partial charge in [0.25, 0.3) is 0 Å². The minimum absolute atomic E-state index is 0.467. The van der Waals surface area contributed by atoms with Crippen LogP contribution in [0, 0.1) is 5.92 Å². The van der Waals surface area contributed by atoms with E-state index in [1.165, 1.54) is 49.7 Å². The van der Waals surface area contributed by atoms with Gasteiger partial charge in [-0.25, -0.2) is 0 Å². The Balaban J connectivity index is 0. The van der Waals surface area contributed by atoms with Crippen LogP contribution in [0.3, 0.4) is 0 Å². The van der Waals surface area contributed by atoms with Gasteiger partial charge in [0.05, 0.1) is 0 Å². The molecule has 29 heavy (non-hydrogen) atoms. The molecule has 1 aliphatic rings. The van der Waals surface area contributed by atoms with Crippen molar-refractivity contribution in [2.24, 2.45) is 5.92 Å². The minimum atomic E-state index is 0.467. The van der Waals surface area contributed by atoms with E-state index in [0.717, 1.165) is 12.3 Å². The van der Waals surface area contributed by atoms with Crippen LogP contribution in [0.15, 0.2) is 79.4 Å². The average Bonchev–Trinajstić information content (AvgIpc) is 3.27. The molecular formula is C29H48. The molecule has 1 saturated carbocycles. The van der Waals surface area contributed by atoms with Gasteiger partial charge in [-0.2, -0.15) is 0 Å². The lowest BCUT2D eigenvalue weighted by molar-refractivity contribution is 0.612. The van der Waals surface area contributed by atoms with Crippen molar-refractivity contribution in [3.05, 3.63) is 85.0 Å². The van der Waals surface area contributed by atoms with Crippen molar-refractivity contribution in [1.29, 1.82) is 0 Å². The van der Waals surface area contributed by atoms with Crippen LogP contribution < -0.4 is 0 Å². The summed E-state index contributed by atoms with van der Waals surface area (Å²) in [6.07, 6.45) is 19.5. The summed E-state index contributed by atoms with van der Waals surface area (Å²) in [6, 6.07) is 10.7. The van der Waals surface area contributed by atoms with Crippen LogP contribution in [0.25, 0.3) is 0 Å². The van der Waals surface area contributed by atoms with E-state index in [1.807, 2.05) is 32.9 Å². The largest absolute Gasteiger partial charge is 0.103 e. The molecule has 0 saturated heterocycles. The Morgan fingerprint density at radius 1 is 1.07 bits per heavy atom. The first-order chi connectivity index (χ1) is 14.1. The average molecular weight is 397 g/mol. The predicted octanol–water partition coefficient (Wildman–Crippen LogP) is 10.1. The van der Waals surface area contributed by atoms with Crippen molar-refractivity contribution in [1.82, 2.24) is 0 Å². The third-order valence-electron chi connectivity index (χ3n) is 4.83. The molecule has 0 aliphatic heterocycles. The molecule has 1 aromatic rings. The summed E-state index contributed by atoms with van der Waals surface area (Å²) >= 11 is 0. The maximum Gasteiger partial charge on any atom is 0.00890 e. The lowest BCUT2D eigenvalue weighted by Crippen LogP contribution is -2.00. The van der Waals surface area contributed by atoms with Gasteiger partial charge in [0.15, 0.2) is 0 Å². The Kier molecular flexibility index (Phi) is 22.8. The Bertz CT molecular complexity index is 526. The molecule has 1 unspecified atom stereocenters. The molecule has 1 aliphatic carbocycles. The molecule has 1 fully saturated rings. The molecule has 0 N–H and O–H groups in total. The standard InChI is InChI=1S/C17H22.C6H12.C4H8.C2H6/c1-4-7-12-15(6-3)17(11-5-2)16-13-9-8-10-14-16;1-6-4-2-3-5-6;1-3-4-2;1-2/h4,6-10,12-14,17H,3,5,11H2,1-2H3;6H,2-5H2,1H3;3H,1,4H2,2H3;1-2H3/b7-4-,15-12+;;;. The fourth-order valence-electron chi connectivity index (χ4n) is 3.16. The number of benzene rings is 1. The fraction of sp³-hybridized carbons (Fsp3) is 0.517. The molecule has 1 aromatic carbocycles. The van der Waals surface area contributed by atoms with Crippen LogP contribution in [0.2, 0.25) is 0 Å². The second kappa shape index (κ2) is 22.5. The van der Waals surface area contributed by atoms with Gasteiger partial charge < -0.3 is 0 Å². The normalized spacial score (nSPS) is 14.5. The Hall–Kier alpha value is -1.82. The van der Waals surface area contributed by atoms with E-state index in [4.69, 9.17) is 0 Å². The Labute approximate surface area is 183 Å². The summed E-state index contributed by atoms with van der Waals surface area (Å²) in [5.41, 5.74) is 2.68. The summed E-state index contributed by atoms with van der Waals surface area (Å²) in [4.78, 5) is 0. The van der Waals surface area contributed by atoms with Gasteiger partial charge in [-0.3, -0.25) is 0 Å². The molecule has 0 heterocycles. The number of hydrogen-bond donors (Lipinski definition) is 0. The first kappa shape index (κ1) is 29.4. The highest BCUT2D eigenvalue weighted by atomic mass is 14.2. The van der Waals surface area contributed by atoms with E-state index in [1.54, 1.807) is 0 Å².